The van der Waals surface area contributed by atoms with Gasteiger partial charge in [0, 0.05) is 24.7 Å². The van der Waals surface area contributed by atoms with Crippen LogP contribution in [0.5, 0.6) is 0 Å². The standard InChI is InChI=1S/C29H36F4O9S/c30-28(31)3-1-2-27(4-5-29(28,32)33)15-8-14-9-16(27)13-26(11-14,12-15)25(36)42-22-17-10-18-20(24(35)41-21(18)22)19(17)23(34)40-6-7-43(37,38)39/h14-22H,1-13H2,(H,37,38,39)/p-1. The highest BCUT2D eigenvalue weighted by Crippen LogP contribution is 2.71. The van der Waals surface area contributed by atoms with E-state index in [0.29, 0.717) is 32.1 Å². The van der Waals surface area contributed by atoms with Crippen molar-refractivity contribution in [2.24, 2.45) is 52.3 Å². The van der Waals surface area contributed by atoms with E-state index in [4.69, 9.17) is 14.2 Å². The second-order valence-corrected chi connectivity index (χ2v) is 16.0. The SMILES string of the molecule is O=C1OC2C3CC(C2OC(=O)C24CC5CC(C2)C2(CCCC(F)(F)C(F)(F)CC2)C(C5)C4)C(C(=O)OCCS(=O)(=O)[O-])C13. The maximum absolute atomic E-state index is 14.5. The molecule has 1 aliphatic heterocycles. The Balaban J connectivity index is 1.08. The minimum Gasteiger partial charge on any atom is -0.748 e. The average molecular weight is 636 g/mol. The van der Waals surface area contributed by atoms with Crippen molar-refractivity contribution >= 4 is 28.0 Å². The molecule has 9 nitrogen and oxygen atoms in total. The number of hydrogen-bond donors (Lipinski definition) is 0. The zero-order chi connectivity index (χ0) is 30.7. The van der Waals surface area contributed by atoms with Gasteiger partial charge in [-0.2, -0.15) is 17.6 Å². The van der Waals surface area contributed by atoms with Gasteiger partial charge in [0.15, 0.2) is 0 Å². The van der Waals surface area contributed by atoms with E-state index in [0.717, 1.165) is 12.8 Å². The third-order valence-corrected chi connectivity index (χ3v) is 13.1. The summed E-state index contributed by atoms with van der Waals surface area (Å²) in [4.78, 5) is 39.7. The van der Waals surface area contributed by atoms with Crippen molar-refractivity contribution in [1.82, 2.24) is 0 Å². The van der Waals surface area contributed by atoms with Gasteiger partial charge in [-0.05, 0) is 81.0 Å². The Bertz CT molecular complexity index is 1320. The third-order valence-electron chi connectivity index (χ3n) is 12.5. The van der Waals surface area contributed by atoms with Gasteiger partial charge < -0.3 is 18.8 Å². The lowest BCUT2D eigenvalue weighted by Gasteiger charge is -2.65. The van der Waals surface area contributed by atoms with E-state index >= 15 is 0 Å². The molecule has 6 bridgehead atoms. The van der Waals surface area contributed by atoms with Gasteiger partial charge in [-0.25, -0.2) is 8.42 Å². The number of rotatable bonds is 6. The zero-order valence-corrected chi connectivity index (χ0v) is 24.3. The van der Waals surface area contributed by atoms with Crippen molar-refractivity contribution in [2.45, 2.75) is 94.7 Å². The fourth-order valence-electron chi connectivity index (χ4n) is 10.8. The van der Waals surface area contributed by atoms with Crippen molar-refractivity contribution < 1.29 is 59.1 Å². The molecule has 1 heterocycles. The molecule has 240 valence electrons. The van der Waals surface area contributed by atoms with Crippen LogP contribution >= 0.6 is 0 Å². The molecule has 8 unspecified atom stereocenters. The topological polar surface area (TPSA) is 136 Å². The first kappa shape index (κ1) is 29.7. The molecular formula is C29H35F4O9S-. The highest BCUT2D eigenvalue weighted by molar-refractivity contribution is 7.85. The van der Waals surface area contributed by atoms with E-state index in [1.807, 2.05) is 0 Å². The smallest absolute Gasteiger partial charge is 0.312 e. The van der Waals surface area contributed by atoms with E-state index in [1.54, 1.807) is 0 Å². The summed E-state index contributed by atoms with van der Waals surface area (Å²) in [5, 5.41) is 0. The maximum Gasteiger partial charge on any atom is 0.312 e. The zero-order valence-electron chi connectivity index (χ0n) is 23.5. The second kappa shape index (κ2) is 9.53. The number of esters is 3. The number of carbonyl (C=O) groups excluding carboxylic acids is 3. The van der Waals surface area contributed by atoms with E-state index in [9.17, 15) is 44.9 Å². The van der Waals surface area contributed by atoms with Crippen molar-refractivity contribution in [3.63, 3.8) is 0 Å². The average Bonchev–Trinajstić information content (AvgIpc) is 3.52. The van der Waals surface area contributed by atoms with E-state index in [1.165, 1.54) is 0 Å². The van der Waals surface area contributed by atoms with Crippen LogP contribution in [0.25, 0.3) is 0 Å². The molecule has 7 aliphatic carbocycles. The van der Waals surface area contributed by atoms with Gasteiger partial charge in [-0.15, -0.1) is 0 Å². The fourth-order valence-corrected chi connectivity index (χ4v) is 11.1. The van der Waals surface area contributed by atoms with Gasteiger partial charge in [0.25, 0.3) is 0 Å². The molecule has 8 atom stereocenters. The van der Waals surface area contributed by atoms with Crippen LogP contribution < -0.4 is 0 Å². The Labute approximate surface area is 246 Å². The summed E-state index contributed by atoms with van der Waals surface area (Å²) in [6.07, 6.45) is 0.550. The predicted octanol–water partition coefficient (Wildman–Crippen LogP) is 3.84. The summed E-state index contributed by atoms with van der Waals surface area (Å²) in [6.45, 7) is -0.646. The minimum absolute atomic E-state index is 0.00595. The quantitative estimate of drug-likeness (QED) is 0.185. The number of alkyl halides is 4. The molecule has 0 radical (unpaired) electrons. The van der Waals surface area contributed by atoms with Gasteiger partial charge in [0.2, 0.25) is 0 Å². The molecule has 0 aromatic carbocycles. The van der Waals surface area contributed by atoms with Gasteiger partial charge >= 0.3 is 29.8 Å². The van der Waals surface area contributed by atoms with Crippen molar-refractivity contribution in [2.75, 3.05) is 12.4 Å². The van der Waals surface area contributed by atoms with Crippen molar-refractivity contribution in [1.29, 1.82) is 0 Å². The Morgan fingerprint density at radius 2 is 1.60 bits per heavy atom. The molecule has 8 fully saturated rings. The van der Waals surface area contributed by atoms with E-state index < -0.39 is 106 Å². The van der Waals surface area contributed by atoms with Gasteiger partial charge in [0.1, 0.15) is 18.8 Å². The fraction of sp³-hybridized carbons (Fsp3) is 0.897. The lowest BCUT2D eigenvalue weighted by molar-refractivity contribution is -0.241. The summed E-state index contributed by atoms with van der Waals surface area (Å²) in [5.41, 5.74) is -1.35. The van der Waals surface area contributed by atoms with Crippen LogP contribution in [0, 0.1) is 52.3 Å². The third kappa shape index (κ3) is 4.46. The van der Waals surface area contributed by atoms with E-state index in [-0.39, 0.29) is 36.5 Å². The largest absolute Gasteiger partial charge is 0.748 e. The normalized spacial score (nSPS) is 46.8. The first-order chi connectivity index (χ1) is 20.1. The summed E-state index contributed by atoms with van der Waals surface area (Å²) in [6, 6.07) is 0. The van der Waals surface area contributed by atoms with Crippen LogP contribution in [0.2, 0.25) is 0 Å². The summed E-state index contributed by atoms with van der Waals surface area (Å²) < 4.78 is 107. The molecule has 1 spiro atoms. The molecule has 0 N–H and O–H groups in total. The van der Waals surface area contributed by atoms with Crippen molar-refractivity contribution in [3.8, 4) is 0 Å². The Hall–Kier alpha value is -1.96. The van der Waals surface area contributed by atoms with Crippen LogP contribution in [0.15, 0.2) is 0 Å². The Morgan fingerprint density at radius 3 is 2.28 bits per heavy atom. The summed E-state index contributed by atoms with van der Waals surface area (Å²) >= 11 is 0. The van der Waals surface area contributed by atoms with Gasteiger partial charge in [0.05, 0.1) is 33.1 Å². The molecule has 8 rings (SSSR count). The van der Waals surface area contributed by atoms with E-state index in [2.05, 4.69) is 0 Å². The number of carbonyl (C=O) groups is 3. The Kier molecular flexibility index (Phi) is 6.59. The predicted molar refractivity (Wildman–Crippen MR) is 135 cm³/mol. The Morgan fingerprint density at radius 1 is 0.930 bits per heavy atom. The molecule has 0 aromatic heterocycles. The first-order valence-corrected chi connectivity index (χ1v) is 16.9. The van der Waals surface area contributed by atoms with Gasteiger partial charge in [-0.3, -0.25) is 14.4 Å². The number of hydrogen-bond acceptors (Lipinski definition) is 9. The molecule has 0 aromatic rings. The van der Waals surface area contributed by atoms with Crippen LogP contribution in [0.3, 0.4) is 0 Å². The lowest BCUT2D eigenvalue weighted by atomic mass is 9.39. The monoisotopic (exact) mass is 635 g/mol. The molecule has 8 aliphatic rings. The van der Waals surface area contributed by atoms with Gasteiger partial charge in [-0.1, -0.05) is 0 Å². The number of ether oxygens (including phenoxy) is 3. The molecule has 14 heteroatoms. The molecular weight excluding hydrogens is 600 g/mol. The van der Waals surface area contributed by atoms with Crippen LogP contribution in [-0.2, 0) is 38.7 Å². The van der Waals surface area contributed by atoms with Crippen molar-refractivity contribution in [3.05, 3.63) is 0 Å². The number of fused-ring (bicyclic) bond motifs is 1. The summed E-state index contributed by atoms with van der Waals surface area (Å²) in [7, 11) is -4.61. The summed E-state index contributed by atoms with van der Waals surface area (Å²) in [5.74, 6) is -13.5. The minimum atomic E-state index is -4.61. The molecule has 43 heavy (non-hydrogen) atoms. The van der Waals surface area contributed by atoms with Crippen LogP contribution in [0.4, 0.5) is 17.6 Å². The molecule has 1 saturated heterocycles. The van der Waals surface area contributed by atoms with Crippen LogP contribution in [-0.4, -0.2) is 67.3 Å². The number of halogens is 4. The molecule has 7 saturated carbocycles. The maximum atomic E-state index is 14.5. The first-order valence-electron chi connectivity index (χ1n) is 15.3. The lowest BCUT2D eigenvalue weighted by Crippen LogP contribution is -2.61. The highest BCUT2D eigenvalue weighted by atomic mass is 32.2. The molecule has 0 amide bonds. The second-order valence-electron chi connectivity index (χ2n) is 14.4. The highest BCUT2D eigenvalue weighted by Gasteiger charge is 2.72. The van der Waals surface area contributed by atoms with Crippen LogP contribution in [0.1, 0.15) is 70.6 Å².